The standard InChI is InChI=1S/C13H18N2O3/c14-13(9-4-2-1-3-5-9)10-6-7-12(16)11(8-10)15(17)18/h6-9,13,16H,1-5,14H2/t13-/m0/s1. The van der Waals surface area contributed by atoms with Crippen LogP contribution in [0.15, 0.2) is 18.2 Å². The Morgan fingerprint density at radius 3 is 2.61 bits per heavy atom. The van der Waals surface area contributed by atoms with Crippen LogP contribution < -0.4 is 5.73 Å². The quantitative estimate of drug-likeness (QED) is 0.637. The van der Waals surface area contributed by atoms with Crippen molar-refractivity contribution < 1.29 is 10.0 Å². The van der Waals surface area contributed by atoms with Crippen LogP contribution in [0.25, 0.3) is 0 Å². The predicted molar refractivity (Wildman–Crippen MR) is 68.3 cm³/mol. The van der Waals surface area contributed by atoms with Crippen molar-refractivity contribution in [2.75, 3.05) is 0 Å². The van der Waals surface area contributed by atoms with Gasteiger partial charge < -0.3 is 10.8 Å². The minimum absolute atomic E-state index is 0.176. The highest BCUT2D eigenvalue weighted by Crippen LogP contribution is 2.35. The van der Waals surface area contributed by atoms with Crippen LogP contribution >= 0.6 is 0 Å². The summed E-state index contributed by atoms with van der Waals surface area (Å²) in [5.41, 5.74) is 6.66. The molecule has 1 aromatic rings. The van der Waals surface area contributed by atoms with E-state index in [4.69, 9.17) is 5.73 Å². The molecule has 0 saturated heterocycles. The number of phenolic OH excluding ortho intramolecular Hbond substituents is 1. The average Bonchev–Trinajstić information content (AvgIpc) is 2.39. The van der Waals surface area contributed by atoms with Crippen LogP contribution in [0.3, 0.4) is 0 Å². The number of hydrogen-bond acceptors (Lipinski definition) is 4. The molecule has 1 aliphatic carbocycles. The number of nitrogens with zero attached hydrogens (tertiary/aromatic N) is 1. The van der Waals surface area contributed by atoms with E-state index in [1.165, 1.54) is 31.4 Å². The first-order chi connectivity index (χ1) is 8.59. The SMILES string of the molecule is N[C@H](c1ccc(O)c([N+](=O)[O-])c1)C1CCCCC1. The summed E-state index contributed by atoms with van der Waals surface area (Å²) in [7, 11) is 0. The Labute approximate surface area is 106 Å². The number of phenols is 1. The molecule has 1 aromatic carbocycles. The Hall–Kier alpha value is -1.62. The van der Waals surface area contributed by atoms with Crippen LogP contribution in [-0.4, -0.2) is 10.0 Å². The van der Waals surface area contributed by atoms with Crippen molar-refractivity contribution in [2.45, 2.75) is 38.1 Å². The van der Waals surface area contributed by atoms with Crippen molar-refractivity contribution in [1.82, 2.24) is 0 Å². The maximum atomic E-state index is 10.8. The minimum atomic E-state index is -0.577. The van der Waals surface area contributed by atoms with Crippen LogP contribution in [0.4, 0.5) is 5.69 Å². The second-order valence-corrected chi connectivity index (χ2v) is 4.93. The fourth-order valence-electron chi connectivity index (χ4n) is 2.66. The molecule has 98 valence electrons. The first-order valence-corrected chi connectivity index (χ1v) is 6.32. The van der Waals surface area contributed by atoms with Gasteiger partial charge in [0.25, 0.3) is 0 Å². The zero-order valence-corrected chi connectivity index (χ0v) is 10.2. The molecule has 1 saturated carbocycles. The summed E-state index contributed by atoms with van der Waals surface area (Å²) in [6, 6.07) is 4.26. The second kappa shape index (κ2) is 5.35. The van der Waals surface area contributed by atoms with Gasteiger partial charge in [0.1, 0.15) is 0 Å². The van der Waals surface area contributed by atoms with E-state index >= 15 is 0 Å². The molecule has 0 aliphatic heterocycles. The first-order valence-electron chi connectivity index (χ1n) is 6.32. The third kappa shape index (κ3) is 2.61. The van der Waals surface area contributed by atoms with Gasteiger partial charge >= 0.3 is 5.69 Å². The van der Waals surface area contributed by atoms with E-state index in [0.717, 1.165) is 18.4 Å². The summed E-state index contributed by atoms with van der Waals surface area (Å²) in [6.45, 7) is 0. The number of nitro benzene ring substituents is 1. The van der Waals surface area contributed by atoms with Gasteiger partial charge in [-0.05, 0) is 30.4 Å². The molecule has 3 N–H and O–H groups in total. The van der Waals surface area contributed by atoms with Gasteiger partial charge in [-0.15, -0.1) is 0 Å². The van der Waals surface area contributed by atoms with Gasteiger partial charge in [0, 0.05) is 12.1 Å². The molecule has 0 radical (unpaired) electrons. The highest BCUT2D eigenvalue weighted by molar-refractivity contribution is 5.48. The Balaban J connectivity index is 2.21. The lowest BCUT2D eigenvalue weighted by atomic mass is 9.81. The summed E-state index contributed by atoms with van der Waals surface area (Å²) in [5.74, 6) is 0.0856. The molecule has 0 bridgehead atoms. The maximum Gasteiger partial charge on any atom is 0.311 e. The van der Waals surface area contributed by atoms with E-state index < -0.39 is 4.92 Å². The second-order valence-electron chi connectivity index (χ2n) is 4.93. The summed E-state index contributed by atoms with van der Waals surface area (Å²) in [4.78, 5) is 10.2. The number of rotatable bonds is 3. The molecule has 1 fully saturated rings. The minimum Gasteiger partial charge on any atom is -0.502 e. The lowest BCUT2D eigenvalue weighted by molar-refractivity contribution is -0.385. The molecular formula is C13H18N2O3. The molecule has 0 aromatic heterocycles. The number of benzene rings is 1. The van der Waals surface area contributed by atoms with Crippen molar-refractivity contribution in [2.24, 2.45) is 11.7 Å². The number of nitro groups is 1. The number of nitrogens with two attached hydrogens (primary N) is 1. The lowest BCUT2D eigenvalue weighted by Gasteiger charge is -2.27. The molecule has 5 nitrogen and oxygen atoms in total. The molecule has 0 unspecified atom stereocenters. The Morgan fingerprint density at radius 2 is 2.00 bits per heavy atom. The van der Waals surface area contributed by atoms with E-state index in [1.807, 2.05) is 0 Å². The molecule has 18 heavy (non-hydrogen) atoms. The van der Waals surface area contributed by atoms with Crippen molar-refractivity contribution in [1.29, 1.82) is 0 Å². The molecule has 1 atom stereocenters. The topological polar surface area (TPSA) is 89.4 Å². The number of hydrogen-bond donors (Lipinski definition) is 2. The fourth-order valence-corrected chi connectivity index (χ4v) is 2.66. The Morgan fingerprint density at radius 1 is 1.33 bits per heavy atom. The molecular weight excluding hydrogens is 232 g/mol. The number of aromatic hydroxyl groups is 1. The first kappa shape index (κ1) is 12.8. The highest BCUT2D eigenvalue weighted by Gasteiger charge is 2.24. The van der Waals surface area contributed by atoms with E-state index in [9.17, 15) is 15.2 Å². The van der Waals surface area contributed by atoms with E-state index in [0.29, 0.717) is 5.92 Å². The van der Waals surface area contributed by atoms with Gasteiger partial charge in [0.05, 0.1) is 4.92 Å². The predicted octanol–water partition coefficient (Wildman–Crippen LogP) is 2.88. The third-order valence-corrected chi connectivity index (χ3v) is 3.74. The summed E-state index contributed by atoms with van der Waals surface area (Å²) in [6.07, 6.45) is 5.77. The van der Waals surface area contributed by atoms with Gasteiger partial charge in [-0.1, -0.05) is 25.3 Å². The van der Waals surface area contributed by atoms with E-state index in [2.05, 4.69) is 0 Å². The highest BCUT2D eigenvalue weighted by atomic mass is 16.6. The van der Waals surface area contributed by atoms with Crippen LogP contribution in [-0.2, 0) is 0 Å². The zero-order valence-electron chi connectivity index (χ0n) is 10.2. The maximum absolute atomic E-state index is 10.8. The van der Waals surface area contributed by atoms with Crippen molar-refractivity contribution in [3.05, 3.63) is 33.9 Å². The summed E-state index contributed by atoms with van der Waals surface area (Å²) < 4.78 is 0. The van der Waals surface area contributed by atoms with E-state index in [1.54, 1.807) is 6.07 Å². The van der Waals surface area contributed by atoms with Crippen LogP contribution in [0.2, 0.25) is 0 Å². The monoisotopic (exact) mass is 250 g/mol. The molecule has 5 heteroatoms. The average molecular weight is 250 g/mol. The van der Waals surface area contributed by atoms with Crippen LogP contribution in [0, 0.1) is 16.0 Å². The molecule has 0 heterocycles. The van der Waals surface area contributed by atoms with Gasteiger partial charge in [-0.3, -0.25) is 10.1 Å². The Kier molecular flexibility index (Phi) is 3.81. The third-order valence-electron chi connectivity index (χ3n) is 3.74. The van der Waals surface area contributed by atoms with Gasteiger partial charge in [-0.25, -0.2) is 0 Å². The van der Waals surface area contributed by atoms with Crippen molar-refractivity contribution in [3.63, 3.8) is 0 Å². The molecule has 2 rings (SSSR count). The van der Waals surface area contributed by atoms with Crippen LogP contribution in [0.1, 0.15) is 43.7 Å². The van der Waals surface area contributed by atoms with Crippen LogP contribution in [0.5, 0.6) is 5.75 Å². The summed E-state index contributed by atoms with van der Waals surface area (Å²) in [5, 5.41) is 20.2. The lowest BCUT2D eigenvalue weighted by Crippen LogP contribution is -2.23. The largest absolute Gasteiger partial charge is 0.502 e. The zero-order chi connectivity index (χ0) is 13.1. The molecule has 0 amide bonds. The normalized spacial score (nSPS) is 18.5. The van der Waals surface area contributed by atoms with Crippen molar-refractivity contribution >= 4 is 5.69 Å². The van der Waals surface area contributed by atoms with Gasteiger partial charge in [-0.2, -0.15) is 0 Å². The Bertz CT molecular complexity index is 442. The molecule has 0 spiro atoms. The summed E-state index contributed by atoms with van der Waals surface area (Å²) >= 11 is 0. The smallest absolute Gasteiger partial charge is 0.311 e. The van der Waals surface area contributed by atoms with Gasteiger partial charge in [0.2, 0.25) is 0 Å². The van der Waals surface area contributed by atoms with Crippen molar-refractivity contribution in [3.8, 4) is 5.75 Å². The fraction of sp³-hybridized carbons (Fsp3) is 0.538. The molecule has 1 aliphatic rings. The van der Waals surface area contributed by atoms with E-state index in [-0.39, 0.29) is 17.5 Å². The van der Waals surface area contributed by atoms with Gasteiger partial charge in [0.15, 0.2) is 5.75 Å².